The van der Waals surface area contributed by atoms with Gasteiger partial charge in [0.25, 0.3) is 0 Å². The highest BCUT2D eigenvalue weighted by Crippen LogP contribution is 2.43. The molecule has 0 fully saturated rings. The van der Waals surface area contributed by atoms with Crippen molar-refractivity contribution in [1.29, 1.82) is 0 Å². The first kappa shape index (κ1) is 44.8. The van der Waals surface area contributed by atoms with Gasteiger partial charge in [0.1, 0.15) is 0 Å². The summed E-state index contributed by atoms with van der Waals surface area (Å²) in [6, 6.07) is 99.9. The van der Waals surface area contributed by atoms with Gasteiger partial charge in [-0.25, -0.2) is 19.9 Å². The minimum atomic E-state index is 0.836. The number of nitrogens with zero attached hydrogens (tertiary/aromatic N) is 5. The molecule has 0 saturated heterocycles. The summed E-state index contributed by atoms with van der Waals surface area (Å²) in [6.07, 6.45) is 0. The molecule has 0 N–H and O–H groups in total. The second kappa shape index (κ2) is 19.8. The summed E-state index contributed by atoms with van der Waals surface area (Å²) in [5.41, 5.74) is 22.8. The number of hydrogen-bond acceptors (Lipinski definition) is 5. The molecule has 0 aliphatic rings. The molecule has 0 spiro atoms. The summed E-state index contributed by atoms with van der Waals surface area (Å²) in [7, 11) is 0. The van der Waals surface area contributed by atoms with Crippen LogP contribution in [0.4, 0.5) is 17.1 Å². The average molecular weight is 958 g/mol. The lowest BCUT2D eigenvalue weighted by atomic mass is 9.93. The summed E-state index contributed by atoms with van der Waals surface area (Å²) < 4.78 is 0. The van der Waals surface area contributed by atoms with E-state index in [0.29, 0.717) is 0 Å². The molecule has 352 valence electrons. The Bertz CT molecular complexity index is 3940. The lowest BCUT2D eigenvalue weighted by Crippen LogP contribution is -2.10. The third-order valence-corrected chi connectivity index (χ3v) is 13.8. The zero-order valence-corrected chi connectivity index (χ0v) is 40.9. The van der Waals surface area contributed by atoms with Crippen LogP contribution in [0.1, 0.15) is 0 Å². The van der Waals surface area contributed by atoms with Crippen LogP contribution in [0, 0.1) is 0 Å². The van der Waals surface area contributed by atoms with Crippen LogP contribution in [-0.2, 0) is 0 Å². The first-order chi connectivity index (χ1) is 37.2. The van der Waals surface area contributed by atoms with Crippen LogP contribution in [0.15, 0.2) is 285 Å². The molecular weight excluding hydrogens is 911 g/mol. The quantitative estimate of drug-likeness (QED) is 0.129. The van der Waals surface area contributed by atoms with E-state index in [1.165, 1.54) is 0 Å². The molecule has 2 aromatic heterocycles. The second-order valence-corrected chi connectivity index (χ2v) is 18.6. The van der Waals surface area contributed by atoms with E-state index in [-0.39, 0.29) is 0 Å². The maximum atomic E-state index is 5.34. The molecule has 13 aromatic rings. The van der Waals surface area contributed by atoms with E-state index in [1.54, 1.807) is 0 Å². The maximum Gasteiger partial charge on any atom is 0.0979 e. The molecule has 13 rings (SSSR count). The third kappa shape index (κ3) is 8.90. The van der Waals surface area contributed by atoms with Gasteiger partial charge in [0, 0.05) is 39.3 Å². The Labute approximate surface area is 436 Å². The van der Waals surface area contributed by atoms with E-state index >= 15 is 0 Å². The number of aromatic nitrogens is 4. The van der Waals surface area contributed by atoms with Gasteiger partial charge < -0.3 is 4.90 Å². The van der Waals surface area contributed by atoms with Crippen LogP contribution in [-0.4, -0.2) is 19.9 Å². The van der Waals surface area contributed by atoms with Gasteiger partial charge in [0.05, 0.1) is 44.8 Å². The summed E-state index contributed by atoms with van der Waals surface area (Å²) in [5.74, 6) is 0. The predicted molar refractivity (Wildman–Crippen MR) is 311 cm³/mol. The zero-order valence-electron chi connectivity index (χ0n) is 40.9. The Morgan fingerprint density at radius 2 is 0.467 bits per heavy atom. The number of benzene rings is 11. The number of anilines is 3. The average Bonchev–Trinajstić information content (AvgIpc) is 3.50. The minimum absolute atomic E-state index is 0.836. The van der Waals surface area contributed by atoms with Crippen LogP contribution in [0.3, 0.4) is 0 Å². The largest absolute Gasteiger partial charge is 0.310 e. The van der Waals surface area contributed by atoms with Crippen molar-refractivity contribution in [2.75, 3.05) is 4.90 Å². The fourth-order valence-corrected chi connectivity index (χ4v) is 10.3. The van der Waals surface area contributed by atoms with Crippen molar-refractivity contribution in [1.82, 2.24) is 19.9 Å². The number of para-hydroxylation sites is 5. The smallest absolute Gasteiger partial charge is 0.0979 e. The first-order valence-electron chi connectivity index (χ1n) is 25.3. The molecule has 75 heavy (non-hydrogen) atoms. The molecule has 0 atom stereocenters. The van der Waals surface area contributed by atoms with Gasteiger partial charge in [0.15, 0.2) is 0 Å². The van der Waals surface area contributed by atoms with Crippen molar-refractivity contribution in [2.24, 2.45) is 0 Å². The molecular formula is C70H47N5. The van der Waals surface area contributed by atoms with Gasteiger partial charge in [-0.2, -0.15) is 0 Å². The van der Waals surface area contributed by atoms with E-state index < -0.39 is 0 Å². The Hall–Kier alpha value is -10.1. The Morgan fingerprint density at radius 3 is 0.880 bits per heavy atom. The highest BCUT2D eigenvalue weighted by molar-refractivity contribution is 5.95. The molecule has 0 aliphatic carbocycles. The number of fused-ring (bicyclic) bond motifs is 2. The van der Waals surface area contributed by atoms with Crippen LogP contribution in [0.25, 0.3) is 112 Å². The topological polar surface area (TPSA) is 54.8 Å². The summed E-state index contributed by atoms with van der Waals surface area (Å²) >= 11 is 0. The number of hydrogen-bond donors (Lipinski definition) is 0. The standard InChI is InChI=1S/C70H47N5/c1-4-22-48(23-5-1)59-36-10-12-38-61(59)69-67(71-63-40-14-16-42-65(63)73-69)54-30-18-26-50(44-54)52-28-20-34-57(46-52)75(56-32-8-3-9-33-56)58-35-21-29-53(47-58)51-27-19-31-55(45-51)68-70(74-66-43-17-15-41-64(66)72-68)62-39-13-11-37-60(62)49-24-6-2-7-25-49/h1-47H. The van der Waals surface area contributed by atoms with Gasteiger partial charge in [-0.15, -0.1) is 0 Å². The Morgan fingerprint density at radius 1 is 0.187 bits per heavy atom. The van der Waals surface area contributed by atoms with E-state index in [2.05, 4.69) is 241 Å². The van der Waals surface area contributed by atoms with Crippen LogP contribution < -0.4 is 4.90 Å². The minimum Gasteiger partial charge on any atom is -0.310 e. The summed E-state index contributed by atoms with van der Waals surface area (Å²) in [6.45, 7) is 0. The molecule has 0 amide bonds. The van der Waals surface area contributed by atoms with E-state index in [4.69, 9.17) is 19.9 Å². The molecule has 2 heterocycles. The fraction of sp³-hybridized carbons (Fsp3) is 0. The molecule has 0 saturated carbocycles. The van der Waals surface area contributed by atoms with Crippen molar-refractivity contribution >= 4 is 39.1 Å². The monoisotopic (exact) mass is 957 g/mol. The normalized spacial score (nSPS) is 11.2. The van der Waals surface area contributed by atoms with Gasteiger partial charge in [-0.05, 0) is 117 Å². The van der Waals surface area contributed by atoms with Crippen LogP contribution in [0.2, 0.25) is 0 Å². The predicted octanol–water partition coefficient (Wildman–Crippen LogP) is 18.4. The highest BCUT2D eigenvalue weighted by atomic mass is 15.1. The zero-order chi connectivity index (χ0) is 49.9. The maximum absolute atomic E-state index is 5.34. The molecule has 0 radical (unpaired) electrons. The molecule has 11 aromatic carbocycles. The number of rotatable bonds is 11. The van der Waals surface area contributed by atoms with Crippen molar-refractivity contribution in [3.8, 4) is 89.5 Å². The lowest BCUT2D eigenvalue weighted by Gasteiger charge is -2.26. The Balaban J connectivity index is 0.887. The molecule has 5 heteroatoms. The van der Waals surface area contributed by atoms with Crippen molar-refractivity contribution in [2.45, 2.75) is 0 Å². The summed E-state index contributed by atoms with van der Waals surface area (Å²) in [5, 5.41) is 0. The van der Waals surface area contributed by atoms with E-state index in [0.717, 1.165) is 129 Å². The SMILES string of the molecule is c1ccc(-c2ccccc2-c2nc3ccccc3nc2-c2cccc(-c3cccc(N(c4ccccc4)c4cccc(-c5cccc(-c6nc7ccccc7nc6-c6ccccc6-c6ccccc6)c5)c4)c3)c2)cc1. The van der Waals surface area contributed by atoms with Crippen molar-refractivity contribution < 1.29 is 0 Å². The molecule has 0 unspecified atom stereocenters. The van der Waals surface area contributed by atoms with Crippen molar-refractivity contribution in [3.05, 3.63) is 285 Å². The summed E-state index contributed by atoms with van der Waals surface area (Å²) in [4.78, 5) is 23.7. The van der Waals surface area contributed by atoms with E-state index in [1.807, 2.05) is 48.5 Å². The first-order valence-corrected chi connectivity index (χ1v) is 25.3. The lowest BCUT2D eigenvalue weighted by molar-refractivity contribution is 1.28. The van der Waals surface area contributed by atoms with Gasteiger partial charge in [-0.1, -0.05) is 212 Å². The molecule has 0 aliphatic heterocycles. The van der Waals surface area contributed by atoms with Gasteiger partial charge in [0.2, 0.25) is 0 Å². The van der Waals surface area contributed by atoms with Gasteiger partial charge >= 0.3 is 0 Å². The fourth-order valence-electron chi connectivity index (χ4n) is 10.3. The second-order valence-electron chi connectivity index (χ2n) is 18.6. The molecule has 0 bridgehead atoms. The van der Waals surface area contributed by atoms with Gasteiger partial charge in [-0.3, -0.25) is 0 Å². The van der Waals surface area contributed by atoms with Crippen LogP contribution in [0.5, 0.6) is 0 Å². The van der Waals surface area contributed by atoms with Crippen molar-refractivity contribution in [3.63, 3.8) is 0 Å². The van der Waals surface area contributed by atoms with E-state index in [9.17, 15) is 0 Å². The Kier molecular flexibility index (Phi) is 11.9. The highest BCUT2D eigenvalue weighted by Gasteiger charge is 2.21. The molecule has 5 nitrogen and oxygen atoms in total. The third-order valence-electron chi connectivity index (χ3n) is 13.8. The van der Waals surface area contributed by atoms with Crippen LogP contribution >= 0.6 is 0 Å².